The summed E-state index contributed by atoms with van der Waals surface area (Å²) in [5.41, 5.74) is 2.66. The number of carbonyl (C=O) groups is 2. The number of methoxy groups -OCH3 is 2. The summed E-state index contributed by atoms with van der Waals surface area (Å²) in [6, 6.07) is 17.0. The second kappa shape index (κ2) is 10.0. The lowest BCUT2D eigenvalue weighted by Crippen LogP contribution is -2.29. The first-order valence-electron chi connectivity index (χ1n) is 12.0. The van der Waals surface area contributed by atoms with E-state index in [1.54, 1.807) is 30.3 Å². The van der Waals surface area contributed by atoms with Crippen molar-refractivity contribution < 1.29 is 33.6 Å². The molecule has 9 nitrogen and oxygen atoms in total. The lowest BCUT2D eigenvalue weighted by molar-refractivity contribution is -0.140. The molecule has 1 fully saturated rings. The van der Waals surface area contributed by atoms with Gasteiger partial charge in [0.1, 0.15) is 17.3 Å². The van der Waals surface area contributed by atoms with Crippen LogP contribution in [0.3, 0.4) is 0 Å². The first-order valence-corrected chi connectivity index (χ1v) is 12.0. The van der Waals surface area contributed by atoms with Gasteiger partial charge in [0.15, 0.2) is 11.5 Å². The molecule has 1 amide bonds. The number of Topliss-reactive ketones (excluding diaryl/α,β-unsaturated/α-hetero) is 1. The van der Waals surface area contributed by atoms with Gasteiger partial charge in [-0.15, -0.1) is 0 Å². The second-order valence-corrected chi connectivity index (χ2v) is 9.17. The molecule has 1 unspecified atom stereocenters. The fraction of sp³-hybridized carbons (Fsp3) is 0.241. The minimum Gasteiger partial charge on any atom is -0.507 e. The molecule has 2 heterocycles. The Morgan fingerprint density at radius 3 is 2.39 bits per heavy atom. The van der Waals surface area contributed by atoms with Crippen LogP contribution in [0, 0.1) is 0 Å². The Hall–Kier alpha value is -4.66. The largest absolute Gasteiger partial charge is 0.507 e. The average Bonchev–Trinajstić information content (AvgIpc) is 3.50. The monoisotopic (exact) mass is 516 g/mol. The highest BCUT2D eigenvalue weighted by Crippen LogP contribution is 2.43. The van der Waals surface area contributed by atoms with Crippen molar-refractivity contribution in [1.82, 2.24) is 4.90 Å². The Morgan fingerprint density at radius 2 is 1.71 bits per heavy atom. The summed E-state index contributed by atoms with van der Waals surface area (Å²) < 4.78 is 21.6. The molecular weight excluding hydrogens is 488 g/mol. The maximum atomic E-state index is 13.5. The number of carbonyl (C=O) groups excluding carboxylic acids is 2. The van der Waals surface area contributed by atoms with Crippen molar-refractivity contribution in [3.63, 3.8) is 0 Å². The number of benzene rings is 3. The van der Waals surface area contributed by atoms with Crippen LogP contribution in [0.2, 0.25) is 0 Å². The van der Waals surface area contributed by atoms with E-state index in [-0.39, 0.29) is 30.2 Å². The van der Waals surface area contributed by atoms with Crippen molar-refractivity contribution in [2.45, 2.75) is 12.6 Å². The first kappa shape index (κ1) is 25.0. The molecule has 0 aliphatic carbocycles. The zero-order valence-corrected chi connectivity index (χ0v) is 21.6. The van der Waals surface area contributed by atoms with Crippen LogP contribution in [0.4, 0.5) is 5.69 Å². The van der Waals surface area contributed by atoms with Gasteiger partial charge in [-0.25, -0.2) is 0 Å². The van der Waals surface area contributed by atoms with Crippen molar-refractivity contribution in [3.8, 4) is 23.0 Å². The highest BCUT2D eigenvalue weighted by Gasteiger charge is 2.46. The minimum absolute atomic E-state index is 0.0168. The predicted molar refractivity (Wildman–Crippen MR) is 141 cm³/mol. The summed E-state index contributed by atoms with van der Waals surface area (Å²) in [4.78, 5) is 30.3. The molecule has 9 heteroatoms. The van der Waals surface area contributed by atoms with E-state index in [4.69, 9.17) is 18.9 Å². The predicted octanol–water partition coefficient (Wildman–Crippen LogP) is 4.12. The van der Waals surface area contributed by atoms with Gasteiger partial charge >= 0.3 is 0 Å². The van der Waals surface area contributed by atoms with Crippen LogP contribution in [0.1, 0.15) is 22.7 Å². The molecule has 3 aromatic carbocycles. The normalized spacial score (nSPS) is 17.6. The van der Waals surface area contributed by atoms with E-state index in [9.17, 15) is 14.7 Å². The van der Waals surface area contributed by atoms with Crippen molar-refractivity contribution in [3.05, 3.63) is 82.9 Å². The number of likely N-dealkylation sites (tertiary alicyclic amines) is 1. The Bertz CT molecular complexity index is 1430. The number of rotatable bonds is 7. The molecule has 3 aromatic rings. The molecule has 1 saturated heterocycles. The molecule has 1 N–H and O–H groups in total. The number of hydrogen-bond acceptors (Lipinski definition) is 8. The fourth-order valence-electron chi connectivity index (χ4n) is 4.72. The number of fused-ring (bicyclic) bond motifs is 1. The van der Waals surface area contributed by atoms with Crippen molar-refractivity contribution in [2.24, 2.45) is 0 Å². The summed E-state index contributed by atoms with van der Waals surface area (Å²) >= 11 is 0. The van der Waals surface area contributed by atoms with E-state index in [1.807, 2.05) is 49.3 Å². The maximum absolute atomic E-state index is 13.5. The van der Waals surface area contributed by atoms with Gasteiger partial charge in [0.05, 0.1) is 31.4 Å². The molecule has 0 aromatic heterocycles. The van der Waals surface area contributed by atoms with Crippen molar-refractivity contribution >= 4 is 23.1 Å². The third kappa shape index (κ3) is 4.36. The van der Waals surface area contributed by atoms with Crippen LogP contribution in [0.5, 0.6) is 23.0 Å². The van der Waals surface area contributed by atoms with Gasteiger partial charge in [0, 0.05) is 32.4 Å². The zero-order chi connectivity index (χ0) is 27.0. The third-order valence-electron chi connectivity index (χ3n) is 6.72. The second-order valence-electron chi connectivity index (χ2n) is 9.17. The number of nitrogens with zero attached hydrogens (tertiary/aromatic N) is 2. The van der Waals surface area contributed by atoms with Gasteiger partial charge in [0.2, 0.25) is 6.79 Å². The topological polar surface area (TPSA) is 97.8 Å². The van der Waals surface area contributed by atoms with Crippen molar-refractivity contribution in [1.29, 1.82) is 0 Å². The van der Waals surface area contributed by atoms with E-state index in [2.05, 4.69) is 0 Å². The van der Waals surface area contributed by atoms with E-state index in [0.717, 1.165) is 11.3 Å². The number of hydrogen-bond donors (Lipinski definition) is 1. The third-order valence-corrected chi connectivity index (χ3v) is 6.72. The number of anilines is 1. The molecule has 2 aliphatic rings. The van der Waals surface area contributed by atoms with Gasteiger partial charge in [0.25, 0.3) is 11.7 Å². The smallest absolute Gasteiger partial charge is 0.295 e. The molecule has 0 bridgehead atoms. The quantitative estimate of drug-likeness (QED) is 0.285. The van der Waals surface area contributed by atoms with Crippen LogP contribution in [-0.2, 0) is 16.1 Å². The van der Waals surface area contributed by atoms with Gasteiger partial charge in [-0.2, -0.15) is 0 Å². The van der Waals surface area contributed by atoms with E-state index >= 15 is 0 Å². The van der Waals surface area contributed by atoms with E-state index in [0.29, 0.717) is 28.6 Å². The highest BCUT2D eigenvalue weighted by atomic mass is 16.7. The molecule has 0 spiro atoms. The van der Waals surface area contributed by atoms with Crippen LogP contribution < -0.4 is 23.8 Å². The molecule has 0 radical (unpaired) electrons. The number of amides is 1. The lowest BCUT2D eigenvalue weighted by Gasteiger charge is -2.26. The summed E-state index contributed by atoms with van der Waals surface area (Å²) in [6.45, 7) is 0.253. The summed E-state index contributed by atoms with van der Waals surface area (Å²) in [6.07, 6.45) is 0. The molecule has 196 valence electrons. The minimum atomic E-state index is -0.830. The molecular formula is C29H28N2O7. The van der Waals surface area contributed by atoms with Gasteiger partial charge in [-0.3, -0.25) is 9.59 Å². The SMILES string of the molecule is COc1ccc(/C(O)=C2\C(=O)C(=O)N(Cc3ccc4c(c3)OCO4)C2c2ccc(N(C)C)cc2)c(OC)c1. The van der Waals surface area contributed by atoms with Crippen LogP contribution in [-0.4, -0.2) is 56.8 Å². The van der Waals surface area contributed by atoms with Gasteiger partial charge in [-0.1, -0.05) is 18.2 Å². The van der Waals surface area contributed by atoms with Crippen molar-refractivity contribution in [2.75, 3.05) is 40.0 Å². The zero-order valence-electron chi connectivity index (χ0n) is 21.6. The Kier molecular flexibility index (Phi) is 6.59. The maximum Gasteiger partial charge on any atom is 0.295 e. The van der Waals surface area contributed by atoms with Crippen LogP contribution in [0.25, 0.3) is 5.76 Å². The number of ether oxygens (including phenoxy) is 4. The molecule has 2 aliphatic heterocycles. The Morgan fingerprint density at radius 1 is 0.974 bits per heavy atom. The average molecular weight is 517 g/mol. The first-order chi connectivity index (χ1) is 18.3. The standard InChI is InChI=1S/C29H28N2O7/c1-30(2)19-8-6-18(7-9-19)26-25(27(32)21-11-10-20(35-3)14-23(21)36-4)28(33)29(34)31(26)15-17-5-12-22-24(13-17)38-16-37-22/h5-14,26,32H,15-16H2,1-4H3/b27-25+. The Balaban J connectivity index is 1.63. The number of ketones is 1. The van der Waals surface area contributed by atoms with Crippen LogP contribution in [0.15, 0.2) is 66.2 Å². The number of aliphatic hydroxyl groups excluding tert-OH is 1. The highest BCUT2D eigenvalue weighted by molar-refractivity contribution is 6.46. The fourth-order valence-corrected chi connectivity index (χ4v) is 4.72. The summed E-state index contributed by atoms with van der Waals surface area (Å²) in [5, 5.41) is 11.5. The Labute approximate surface area is 220 Å². The van der Waals surface area contributed by atoms with E-state index < -0.39 is 17.7 Å². The molecule has 1 atom stereocenters. The molecule has 5 rings (SSSR count). The molecule has 38 heavy (non-hydrogen) atoms. The van der Waals surface area contributed by atoms with E-state index in [1.165, 1.54) is 19.1 Å². The molecule has 0 saturated carbocycles. The van der Waals surface area contributed by atoms with Crippen LogP contribution >= 0.6 is 0 Å². The summed E-state index contributed by atoms with van der Waals surface area (Å²) in [5.74, 6) is 0.231. The van der Waals surface area contributed by atoms with Gasteiger partial charge in [-0.05, 0) is 47.5 Å². The number of aliphatic hydroxyl groups is 1. The lowest BCUT2D eigenvalue weighted by atomic mass is 9.94. The summed E-state index contributed by atoms with van der Waals surface area (Å²) in [7, 11) is 6.84. The van der Waals surface area contributed by atoms with Gasteiger partial charge < -0.3 is 33.9 Å².